The van der Waals surface area contributed by atoms with Gasteiger partial charge in [0.2, 0.25) is 17.0 Å². The second-order valence-electron chi connectivity index (χ2n) is 8.84. The first kappa shape index (κ1) is 24.9. The van der Waals surface area contributed by atoms with E-state index >= 15 is 0 Å². The molecule has 2 heterocycles. The highest BCUT2D eigenvalue weighted by Gasteiger charge is 2.24. The third-order valence-corrected chi connectivity index (χ3v) is 7.03. The van der Waals surface area contributed by atoms with Gasteiger partial charge in [-0.1, -0.05) is 54.2 Å². The number of nitrogens with zero attached hydrogens (tertiary/aromatic N) is 7. The fourth-order valence-electron chi connectivity index (χ4n) is 3.99. The van der Waals surface area contributed by atoms with Crippen molar-refractivity contribution in [3.05, 3.63) is 65.2 Å². The van der Waals surface area contributed by atoms with E-state index in [2.05, 4.69) is 32.6 Å². The van der Waals surface area contributed by atoms with Crippen molar-refractivity contribution in [1.82, 2.24) is 34.9 Å². The van der Waals surface area contributed by atoms with E-state index in [4.69, 9.17) is 0 Å². The van der Waals surface area contributed by atoms with Gasteiger partial charge in [0.1, 0.15) is 0 Å². The molecule has 2 amide bonds. The topological polar surface area (TPSA) is 87.5 Å². The van der Waals surface area contributed by atoms with Gasteiger partial charge in [-0.25, -0.2) is 0 Å². The summed E-state index contributed by atoms with van der Waals surface area (Å²) in [5.41, 5.74) is 4.31. The number of aryl methyl sites for hydroxylation is 2. The van der Waals surface area contributed by atoms with E-state index in [1.54, 1.807) is 11.7 Å². The summed E-state index contributed by atoms with van der Waals surface area (Å²) >= 11 is 1.27. The summed E-state index contributed by atoms with van der Waals surface area (Å²) in [7, 11) is 1.67. The van der Waals surface area contributed by atoms with Crippen LogP contribution in [0.3, 0.4) is 0 Å². The van der Waals surface area contributed by atoms with Crippen LogP contribution in [0.5, 0.6) is 0 Å². The molecular formula is C25H31N7O2S. The van der Waals surface area contributed by atoms with Crippen molar-refractivity contribution in [1.29, 1.82) is 0 Å². The Morgan fingerprint density at radius 2 is 1.77 bits per heavy atom. The molecule has 35 heavy (non-hydrogen) atoms. The minimum Gasteiger partial charge on any atom is -0.339 e. The quantitative estimate of drug-likeness (QED) is 0.445. The lowest BCUT2D eigenvalue weighted by Gasteiger charge is -2.35. The molecule has 0 aliphatic carbocycles. The number of thioether (sulfide) groups is 1. The van der Waals surface area contributed by atoms with Gasteiger partial charge in [0, 0.05) is 39.8 Å². The standard InChI is InChI=1S/C25H31N7O2S/c1-19-9-10-20(2)22(15-19)32-25(26-27-28-32)35-18-24(34)29(3)17-23(33)31-13-11-30(12-14-31)16-21-7-5-4-6-8-21/h4-10,15H,11-14,16-18H2,1-3H3. The number of carbonyl (C=O) groups excluding carboxylic acids is 2. The van der Waals surface area contributed by atoms with Crippen LogP contribution in [0.4, 0.5) is 0 Å². The molecule has 0 spiro atoms. The monoisotopic (exact) mass is 493 g/mol. The number of tetrazole rings is 1. The van der Waals surface area contributed by atoms with Gasteiger partial charge in [0.25, 0.3) is 0 Å². The van der Waals surface area contributed by atoms with E-state index in [9.17, 15) is 9.59 Å². The number of rotatable bonds is 8. The smallest absolute Gasteiger partial charge is 0.242 e. The molecule has 2 aromatic carbocycles. The number of hydrogen-bond donors (Lipinski definition) is 0. The SMILES string of the molecule is Cc1ccc(C)c(-n2nnnc2SCC(=O)N(C)CC(=O)N2CCN(Cc3ccccc3)CC2)c1. The Kier molecular flexibility index (Phi) is 8.14. The average molecular weight is 494 g/mol. The molecule has 10 heteroatoms. The third kappa shape index (κ3) is 6.46. The molecule has 0 radical (unpaired) electrons. The van der Waals surface area contributed by atoms with E-state index in [-0.39, 0.29) is 24.1 Å². The van der Waals surface area contributed by atoms with E-state index in [0.29, 0.717) is 18.2 Å². The van der Waals surface area contributed by atoms with Crippen LogP contribution in [-0.4, -0.2) is 92.2 Å². The summed E-state index contributed by atoms with van der Waals surface area (Å²) in [6, 6.07) is 16.4. The predicted molar refractivity (Wildman–Crippen MR) is 135 cm³/mol. The van der Waals surface area contributed by atoms with Crippen molar-refractivity contribution in [2.45, 2.75) is 25.5 Å². The van der Waals surface area contributed by atoms with Crippen molar-refractivity contribution < 1.29 is 9.59 Å². The van der Waals surface area contributed by atoms with Crippen LogP contribution in [0, 0.1) is 13.8 Å². The van der Waals surface area contributed by atoms with Crippen LogP contribution in [0.1, 0.15) is 16.7 Å². The summed E-state index contributed by atoms with van der Waals surface area (Å²) < 4.78 is 1.65. The Morgan fingerprint density at radius 3 is 2.51 bits per heavy atom. The van der Waals surface area contributed by atoms with Gasteiger partial charge in [-0.15, -0.1) is 5.10 Å². The highest BCUT2D eigenvalue weighted by Crippen LogP contribution is 2.22. The van der Waals surface area contributed by atoms with Crippen LogP contribution < -0.4 is 0 Å². The maximum Gasteiger partial charge on any atom is 0.242 e. The first-order valence-corrected chi connectivity index (χ1v) is 12.7. The van der Waals surface area contributed by atoms with E-state index in [1.807, 2.05) is 55.1 Å². The number of piperazine rings is 1. The number of carbonyl (C=O) groups is 2. The van der Waals surface area contributed by atoms with Crippen molar-refractivity contribution >= 4 is 23.6 Å². The van der Waals surface area contributed by atoms with E-state index in [1.165, 1.54) is 22.2 Å². The van der Waals surface area contributed by atoms with Gasteiger partial charge in [-0.2, -0.15) is 4.68 Å². The van der Waals surface area contributed by atoms with Gasteiger partial charge >= 0.3 is 0 Å². The number of benzene rings is 2. The molecule has 0 saturated carbocycles. The number of hydrogen-bond acceptors (Lipinski definition) is 7. The molecular weight excluding hydrogens is 462 g/mol. The Balaban J connectivity index is 1.25. The maximum absolute atomic E-state index is 12.8. The minimum absolute atomic E-state index is 0.0227. The Bertz CT molecular complexity index is 1160. The van der Waals surface area contributed by atoms with Crippen molar-refractivity contribution in [3.63, 3.8) is 0 Å². The van der Waals surface area contributed by atoms with Crippen molar-refractivity contribution in [2.75, 3.05) is 45.5 Å². The molecule has 4 rings (SSSR count). The Hall–Kier alpha value is -3.24. The zero-order chi connectivity index (χ0) is 24.8. The van der Waals surface area contributed by atoms with E-state index < -0.39 is 0 Å². The van der Waals surface area contributed by atoms with Crippen LogP contribution in [0.25, 0.3) is 5.69 Å². The van der Waals surface area contributed by atoms with Gasteiger partial charge in [-0.3, -0.25) is 14.5 Å². The number of amides is 2. The van der Waals surface area contributed by atoms with Crippen LogP contribution >= 0.6 is 11.8 Å². The Labute approximate surface area is 210 Å². The molecule has 1 aromatic heterocycles. The lowest BCUT2D eigenvalue weighted by molar-refractivity contribution is -0.139. The highest BCUT2D eigenvalue weighted by atomic mass is 32.2. The first-order chi connectivity index (χ1) is 16.9. The fraction of sp³-hybridized carbons (Fsp3) is 0.400. The minimum atomic E-state index is -0.137. The predicted octanol–water partition coefficient (Wildman–Crippen LogP) is 2.17. The summed E-state index contributed by atoms with van der Waals surface area (Å²) in [6.45, 7) is 7.97. The molecule has 0 atom stereocenters. The molecule has 184 valence electrons. The molecule has 3 aromatic rings. The molecule has 1 aliphatic rings. The largest absolute Gasteiger partial charge is 0.339 e. The summed E-state index contributed by atoms with van der Waals surface area (Å²) in [4.78, 5) is 31.2. The second kappa shape index (κ2) is 11.5. The molecule has 0 N–H and O–H groups in total. The van der Waals surface area contributed by atoms with Crippen molar-refractivity contribution in [2.24, 2.45) is 0 Å². The molecule has 0 unspecified atom stereocenters. The lowest BCUT2D eigenvalue weighted by Crippen LogP contribution is -2.51. The summed E-state index contributed by atoms with van der Waals surface area (Å²) in [6.07, 6.45) is 0. The number of likely N-dealkylation sites (N-methyl/N-ethyl adjacent to an activating group) is 1. The van der Waals surface area contributed by atoms with Crippen molar-refractivity contribution in [3.8, 4) is 5.69 Å². The molecule has 1 aliphatic heterocycles. The van der Waals surface area contributed by atoms with Gasteiger partial charge < -0.3 is 9.80 Å². The van der Waals surface area contributed by atoms with Gasteiger partial charge in [0.05, 0.1) is 18.0 Å². The number of aromatic nitrogens is 4. The maximum atomic E-state index is 12.8. The molecule has 0 bridgehead atoms. The zero-order valence-corrected chi connectivity index (χ0v) is 21.2. The van der Waals surface area contributed by atoms with Gasteiger partial charge in [0.15, 0.2) is 0 Å². The molecule has 1 saturated heterocycles. The lowest BCUT2D eigenvalue weighted by atomic mass is 10.1. The average Bonchev–Trinajstić information content (AvgIpc) is 3.33. The van der Waals surface area contributed by atoms with Crippen LogP contribution in [-0.2, 0) is 16.1 Å². The fourth-order valence-corrected chi connectivity index (χ4v) is 4.82. The Morgan fingerprint density at radius 1 is 1.03 bits per heavy atom. The zero-order valence-electron chi connectivity index (χ0n) is 20.4. The van der Waals surface area contributed by atoms with E-state index in [0.717, 1.165) is 36.4 Å². The van der Waals surface area contributed by atoms with Gasteiger partial charge in [-0.05, 0) is 47.0 Å². The third-order valence-electron chi connectivity index (χ3n) is 6.13. The summed E-state index contributed by atoms with van der Waals surface area (Å²) in [5, 5.41) is 12.5. The normalized spacial score (nSPS) is 14.2. The molecule has 9 nitrogen and oxygen atoms in total. The highest BCUT2D eigenvalue weighted by molar-refractivity contribution is 7.99. The van der Waals surface area contributed by atoms with Crippen LogP contribution in [0.2, 0.25) is 0 Å². The summed E-state index contributed by atoms with van der Waals surface area (Å²) in [5.74, 6) is -0.00753. The second-order valence-corrected chi connectivity index (χ2v) is 9.79. The van der Waals surface area contributed by atoms with Crippen LogP contribution in [0.15, 0.2) is 53.7 Å². The molecule has 1 fully saturated rings. The first-order valence-electron chi connectivity index (χ1n) is 11.7.